The minimum Gasteiger partial charge on any atom is -0.319 e. The Labute approximate surface area is 103 Å². The van der Waals surface area contributed by atoms with Gasteiger partial charge in [-0.2, -0.15) is 0 Å². The Kier molecular flexibility index (Phi) is 3.43. The Morgan fingerprint density at radius 1 is 0.842 bits per heavy atom. The van der Waals surface area contributed by atoms with Crippen LogP contribution in [0.3, 0.4) is 0 Å². The zero-order valence-corrected chi connectivity index (χ0v) is 9.17. The van der Waals surface area contributed by atoms with Crippen molar-refractivity contribution < 1.29 is 22.0 Å². The number of hydrogen-bond donors (Lipinski definition) is 1. The molecule has 2 aromatic rings. The van der Waals surface area contributed by atoms with Crippen LogP contribution in [-0.2, 0) is 0 Å². The topological polar surface area (TPSA) is 51.8 Å². The van der Waals surface area contributed by atoms with Crippen molar-refractivity contribution in [3.8, 4) is 0 Å². The summed E-state index contributed by atoms with van der Waals surface area (Å²) in [6.07, 6.45) is 3.53. The summed E-state index contributed by atoms with van der Waals surface area (Å²) in [6, 6.07) is -1.61. The Hall–Kier alpha value is -2.09. The molecule has 2 rings (SSSR count). The Balaban J connectivity index is 2.64. The Morgan fingerprint density at radius 3 is 1.84 bits per heavy atom. The van der Waals surface area contributed by atoms with Crippen molar-refractivity contribution in [3.63, 3.8) is 0 Å². The molecule has 3 nitrogen and oxygen atoms in total. The summed E-state index contributed by atoms with van der Waals surface area (Å²) in [5.74, 6) is -10.3. The van der Waals surface area contributed by atoms with E-state index in [1.54, 1.807) is 0 Å². The Bertz CT molecular complexity index is 588. The number of nitrogens with two attached hydrogens (primary N) is 1. The maximum Gasteiger partial charge on any atom is 0.200 e. The van der Waals surface area contributed by atoms with Crippen LogP contribution in [0.4, 0.5) is 22.0 Å². The molecule has 0 bridgehead atoms. The molecule has 1 aromatic carbocycles. The average molecular weight is 275 g/mol. The van der Waals surface area contributed by atoms with Crippen LogP contribution in [0.15, 0.2) is 18.6 Å². The van der Waals surface area contributed by atoms with Crippen LogP contribution in [0.25, 0.3) is 0 Å². The van der Waals surface area contributed by atoms with Crippen LogP contribution in [0.1, 0.15) is 17.3 Å². The molecule has 2 N–H and O–H groups in total. The van der Waals surface area contributed by atoms with Gasteiger partial charge in [0, 0.05) is 12.4 Å². The fourth-order valence-electron chi connectivity index (χ4n) is 1.51. The van der Waals surface area contributed by atoms with Crippen molar-refractivity contribution in [1.29, 1.82) is 0 Å². The van der Waals surface area contributed by atoms with Crippen molar-refractivity contribution in [2.75, 3.05) is 0 Å². The molecule has 0 aliphatic heterocycles. The molecule has 0 saturated heterocycles. The first-order valence-corrected chi connectivity index (χ1v) is 4.98. The smallest absolute Gasteiger partial charge is 0.200 e. The Morgan fingerprint density at radius 2 is 1.37 bits per heavy atom. The van der Waals surface area contributed by atoms with E-state index in [-0.39, 0.29) is 5.69 Å². The second-order valence-electron chi connectivity index (χ2n) is 3.59. The molecule has 0 aliphatic rings. The van der Waals surface area contributed by atoms with Crippen LogP contribution < -0.4 is 5.73 Å². The summed E-state index contributed by atoms with van der Waals surface area (Å²) >= 11 is 0. The number of benzene rings is 1. The molecule has 1 atom stereocenters. The highest BCUT2D eigenvalue weighted by Gasteiger charge is 2.30. The standard InChI is InChI=1S/C11H6F5N3/c12-6-5(7(13)9(15)10(16)8(6)14)11(17)4-3-18-1-2-19-4/h1-3,11H,17H2. The van der Waals surface area contributed by atoms with Crippen LogP contribution in [0.5, 0.6) is 0 Å². The lowest BCUT2D eigenvalue weighted by atomic mass is 10.0. The van der Waals surface area contributed by atoms with Crippen molar-refractivity contribution in [3.05, 3.63) is 58.9 Å². The molecule has 0 fully saturated rings. The van der Waals surface area contributed by atoms with E-state index in [0.717, 1.165) is 6.20 Å². The van der Waals surface area contributed by atoms with E-state index in [1.807, 2.05) is 0 Å². The summed E-state index contributed by atoms with van der Waals surface area (Å²) in [5.41, 5.74) is 4.21. The van der Waals surface area contributed by atoms with Crippen molar-refractivity contribution in [2.45, 2.75) is 6.04 Å². The molecule has 19 heavy (non-hydrogen) atoms. The minimum atomic E-state index is -2.23. The van der Waals surface area contributed by atoms with E-state index in [0.29, 0.717) is 0 Å². The van der Waals surface area contributed by atoms with Gasteiger partial charge in [0.1, 0.15) is 0 Å². The van der Waals surface area contributed by atoms with Crippen LogP contribution in [0.2, 0.25) is 0 Å². The monoisotopic (exact) mass is 275 g/mol. The van der Waals surface area contributed by atoms with Gasteiger partial charge in [0.2, 0.25) is 5.82 Å². The predicted octanol–water partition coefficient (Wildman–Crippen LogP) is 2.22. The van der Waals surface area contributed by atoms with Gasteiger partial charge < -0.3 is 5.73 Å². The van der Waals surface area contributed by atoms with Crippen LogP contribution >= 0.6 is 0 Å². The summed E-state index contributed by atoms with van der Waals surface area (Å²) in [7, 11) is 0. The predicted molar refractivity (Wildman–Crippen MR) is 54.3 cm³/mol. The van der Waals surface area contributed by atoms with E-state index in [1.165, 1.54) is 12.4 Å². The molecule has 1 aromatic heterocycles. The highest BCUT2D eigenvalue weighted by Crippen LogP contribution is 2.28. The number of rotatable bonds is 2. The summed E-state index contributed by atoms with van der Waals surface area (Å²) in [6.45, 7) is 0. The fourth-order valence-corrected chi connectivity index (χ4v) is 1.51. The first-order chi connectivity index (χ1) is 8.95. The third kappa shape index (κ3) is 2.14. The zero-order chi connectivity index (χ0) is 14.2. The maximum absolute atomic E-state index is 13.5. The van der Waals surface area contributed by atoms with Gasteiger partial charge in [0.05, 0.1) is 23.5 Å². The van der Waals surface area contributed by atoms with Gasteiger partial charge in [-0.05, 0) is 0 Å². The zero-order valence-electron chi connectivity index (χ0n) is 9.17. The van der Waals surface area contributed by atoms with Gasteiger partial charge in [-0.1, -0.05) is 0 Å². The van der Waals surface area contributed by atoms with Gasteiger partial charge >= 0.3 is 0 Å². The largest absolute Gasteiger partial charge is 0.319 e. The quantitative estimate of drug-likeness (QED) is 0.519. The van der Waals surface area contributed by atoms with Gasteiger partial charge in [-0.25, -0.2) is 22.0 Å². The maximum atomic E-state index is 13.5. The van der Waals surface area contributed by atoms with Crippen LogP contribution in [-0.4, -0.2) is 9.97 Å². The van der Waals surface area contributed by atoms with Gasteiger partial charge in [-0.3, -0.25) is 9.97 Å². The lowest BCUT2D eigenvalue weighted by molar-refractivity contribution is 0.366. The summed E-state index contributed by atoms with van der Waals surface area (Å²) in [4.78, 5) is 7.26. The molecule has 1 unspecified atom stereocenters. The lowest BCUT2D eigenvalue weighted by Gasteiger charge is -2.14. The first-order valence-electron chi connectivity index (χ1n) is 4.98. The molecular weight excluding hydrogens is 269 g/mol. The second-order valence-corrected chi connectivity index (χ2v) is 3.59. The molecule has 0 saturated carbocycles. The molecule has 1 heterocycles. The number of nitrogens with zero attached hydrogens (tertiary/aromatic N) is 2. The molecule has 8 heteroatoms. The molecule has 0 amide bonds. The molecule has 0 aliphatic carbocycles. The molecule has 0 radical (unpaired) electrons. The highest BCUT2D eigenvalue weighted by molar-refractivity contribution is 5.31. The SMILES string of the molecule is NC(c1cnccn1)c1c(F)c(F)c(F)c(F)c1F. The van der Waals surface area contributed by atoms with Crippen molar-refractivity contribution >= 4 is 0 Å². The number of hydrogen-bond acceptors (Lipinski definition) is 3. The van der Waals surface area contributed by atoms with E-state index in [4.69, 9.17) is 5.73 Å². The summed E-state index contributed by atoms with van der Waals surface area (Å²) < 4.78 is 65.9. The van der Waals surface area contributed by atoms with Crippen LogP contribution in [0, 0.1) is 29.1 Å². The minimum absolute atomic E-state index is 0.120. The third-order valence-corrected chi connectivity index (χ3v) is 2.46. The van der Waals surface area contributed by atoms with Gasteiger partial charge in [0.15, 0.2) is 23.3 Å². The number of aromatic nitrogens is 2. The van der Waals surface area contributed by atoms with Crippen molar-refractivity contribution in [1.82, 2.24) is 9.97 Å². The third-order valence-electron chi connectivity index (χ3n) is 2.46. The van der Waals surface area contributed by atoms with E-state index in [2.05, 4.69) is 9.97 Å². The van der Waals surface area contributed by atoms with Gasteiger partial charge in [-0.15, -0.1) is 0 Å². The highest BCUT2D eigenvalue weighted by atomic mass is 19.2. The van der Waals surface area contributed by atoms with E-state index >= 15 is 0 Å². The van der Waals surface area contributed by atoms with E-state index < -0.39 is 40.7 Å². The average Bonchev–Trinajstić information content (AvgIpc) is 2.44. The molecule has 100 valence electrons. The first kappa shape index (κ1) is 13.3. The molecular formula is C11H6F5N3. The normalized spacial score (nSPS) is 12.5. The summed E-state index contributed by atoms with van der Waals surface area (Å²) in [5, 5.41) is 0. The number of halogens is 5. The van der Waals surface area contributed by atoms with Gasteiger partial charge in [0.25, 0.3) is 0 Å². The fraction of sp³-hybridized carbons (Fsp3) is 0.0909. The van der Waals surface area contributed by atoms with Crippen molar-refractivity contribution in [2.24, 2.45) is 5.73 Å². The second kappa shape index (κ2) is 4.88. The van der Waals surface area contributed by atoms with E-state index in [9.17, 15) is 22.0 Å². The lowest BCUT2D eigenvalue weighted by Crippen LogP contribution is -2.20. The molecule has 0 spiro atoms.